The highest BCUT2D eigenvalue weighted by atomic mass is 16.5. The molecule has 2 aromatic rings. The van der Waals surface area contributed by atoms with Crippen molar-refractivity contribution in [1.29, 1.82) is 5.41 Å². The summed E-state index contributed by atoms with van der Waals surface area (Å²) < 4.78 is 5.17. The van der Waals surface area contributed by atoms with Crippen LogP contribution in [0.4, 0.5) is 0 Å². The van der Waals surface area contributed by atoms with Gasteiger partial charge in [0.25, 0.3) is 0 Å². The molecule has 0 fully saturated rings. The van der Waals surface area contributed by atoms with Crippen LogP contribution in [-0.4, -0.2) is 33.9 Å². The van der Waals surface area contributed by atoms with E-state index in [2.05, 4.69) is 5.32 Å². The summed E-state index contributed by atoms with van der Waals surface area (Å²) in [7, 11) is 0. The zero-order valence-electron chi connectivity index (χ0n) is 16.8. The molecule has 2 rings (SSSR count). The van der Waals surface area contributed by atoms with Crippen LogP contribution in [0.15, 0.2) is 54.6 Å². The second kappa shape index (κ2) is 11.5. The summed E-state index contributed by atoms with van der Waals surface area (Å²) in [4.78, 5) is 34.8. The van der Waals surface area contributed by atoms with Crippen LogP contribution in [0.5, 0.6) is 0 Å². The van der Waals surface area contributed by atoms with Crippen molar-refractivity contribution in [1.82, 2.24) is 10.4 Å². The first-order chi connectivity index (χ1) is 14.4. The Morgan fingerprint density at radius 3 is 2.30 bits per heavy atom. The summed E-state index contributed by atoms with van der Waals surface area (Å²) in [5.41, 5.74) is 2.09. The van der Waals surface area contributed by atoms with Gasteiger partial charge in [-0.1, -0.05) is 54.6 Å². The van der Waals surface area contributed by atoms with Crippen LogP contribution in [0.3, 0.4) is 0 Å². The summed E-state index contributed by atoms with van der Waals surface area (Å²) in [5, 5.41) is 20.2. The number of esters is 1. The van der Waals surface area contributed by atoms with Crippen molar-refractivity contribution in [3.05, 3.63) is 71.3 Å². The van der Waals surface area contributed by atoms with Gasteiger partial charge in [-0.15, -0.1) is 0 Å². The van der Waals surface area contributed by atoms with Crippen LogP contribution in [0.1, 0.15) is 42.9 Å². The monoisotopic (exact) mass is 411 g/mol. The molecule has 8 heteroatoms. The van der Waals surface area contributed by atoms with E-state index in [1.807, 2.05) is 30.3 Å². The Hall–Kier alpha value is -3.52. The van der Waals surface area contributed by atoms with E-state index < -0.39 is 5.91 Å². The van der Waals surface area contributed by atoms with Crippen LogP contribution >= 0.6 is 0 Å². The lowest BCUT2D eigenvalue weighted by atomic mass is 10.1. The third kappa shape index (κ3) is 7.48. The van der Waals surface area contributed by atoms with Crippen LogP contribution in [0.25, 0.3) is 0 Å². The van der Waals surface area contributed by atoms with Crippen molar-refractivity contribution in [2.75, 3.05) is 0 Å². The number of hydrogen-bond acceptors (Lipinski definition) is 6. The topological polar surface area (TPSA) is 120 Å². The van der Waals surface area contributed by atoms with Gasteiger partial charge < -0.3 is 10.1 Å². The van der Waals surface area contributed by atoms with E-state index in [0.717, 1.165) is 18.1 Å². The van der Waals surface area contributed by atoms with E-state index in [9.17, 15) is 19.6 Å². The van der Waals surface area contributed by atoms with Gasteiger partial charge in [-0.2, -0.15) is 5.06 Å². The van der Waals surface area contributed by atoms with E-state index in [1.54, 1.807) is 24.3 Å². The molecule has 30 heavy (non-hydrogen) atoms. The second-order valence-electron chi connectivity index (χ2n) is 6.65. The van der Waals surface area contributed by atoms with Gasteiger partial charge in [-0.25, -0.2) is 0 Å². The molecule has 0 aliphatic heterocycles. The number of amidine groups is 1. The standard InChI is InChI=1S/C22H25N3O5/c1-16(26)25(29)22(23)19-12-10-17(11-13-19)14-24-20(27)8-5-9-21(28)30-15-18-6-3-2-4-7-18/h2-4,6-7,10-13,23,29H,5,8-9,14-15H2,1H3,(H,24,27). The molecule has 3 N–H and O–H groups in total. The fourth-order valence-corrected chi connectivity index (χ4v) is 2.55. The molecule has 0 unspecified atom stereocenters. The number of carbonyl (C=O) groups excluding carboxylic acids is 3. The maximum Gasteiger partial charge on any atom is 0.306 e. The number of nitrogens with one attached hydrogen (secondary N) is 2. The molecule has 158 valence electrons. The second-order valence-corrected chi connectivity index (χ2v) is 6.65. The molecule has 0 aliphatic carbocycles. The predicted molar refractivity (Wildman–Crippen MR) is 110 cm³/mol. The van der Waals surface area contributed by atoms with Gasteiger partial charge in [0, 0.05) is 31.9 Å². The lowest BCUT2D eigenvalue weighted by Gasteiger charge is -2.14. The molecule has 0 saturated carbocycles. The van der Waals surface area contributed by atoms with Gasteiger partial charge in [-0.05, 0) is 17.5 Å². The number of benzene rings is 2. The molecular weight excluding hydrogens is 386 g/mol. The van der Waals surface area contributed by atoms with Gasteiger partial charge >= 0.3 is 5.97 Å². The van der Waals surface area contributed by atoms with E-state index in [1.165, 1.54) is 0 Å². The smallest absolute Gasteiger partial charge is 0.306 e. The van der Waals surface area contributed by atoms with Crippen molar-refractivity contribution in [3.63, 3.8) is 0 Å². The van der Waals surface area contributed by atoms with E-state index >= 15 is 0 Å². The number of rotatable bonds is 9. The molecule has 0 heterocycles. The van der Waals surface area contributed by atoms with Gasteiger partial charge in [-0.3, -0.25) is 25.0 Å². The first-order valence-corrected chi connectivity index (χ1v) is 9.50. The molecule has 0 bridgehead atoms. The summed E-state index contributed by atoms with van der Waals surface area (Å²) in [6.45, 7) is 1.67. The Kier molecular flexibility index (Phi) is 8.71. The largest absolute Gasteiger partial charge is 0.461 e. The van der Waals surface area contributed by atoms with Crippen LogP contribution in [-0.2, 0) is 32.3 Å². The maximum absolute atomic E-state index is 11.9. The Bertz CT molecular complexity index is 881. The molecule has 2 amide bonds. The Morgan fingerprint density at radius 1 is 1.00 bits per heavy atom. The lowest BCUT2D eigenvalue weighted by Crippen LogP contribution is -2.31. The van der Waals surface area contributed by atoms with Gasteiger partial charge in [0.2, 0.25) is 11.8 Å². The number of carbonyl (C=O) groups is 3. The average molecular weight is 411 g/mol. The van der Waals surface area contributed by atoms with Crippen molar-refractivity contribution >= 4 is 23.6 Å². The first-order valence-electron chi connectivity index (χ1n) is 9.50. The minimum atomic E-state index is -0.653. The molecule has 0 saturated heterocycles. The fraction of sp³-hybridized carbons (Fsp3) is 0.273. The molecule has 0 spiro atoms. The third-order valence-corrected chi connectivity index (χ3v) is 4.25. The molecule has 0 aliphatic rings. The molecule has 8 nitrogen and oxygen atoms in total. The van der Waals surface area contributed by atoms with E-state index in [0.29, 0.717) is 18.5 Å². The summed E-state index contributed by atoms with van der Waals surface area (Å²) in [6.07, 6.45) is 0.777. The van der Waals surface area contributed by atoms with Crippen LogP contribution in [0.2, 0.25) is 0 Å². The highest BCUT2D eigenvalue weighted by molar-refractivity contribution is 6.04. The zero-order valence-corrected chi connectivity index (χ0v) is 16.8. The van der Waals surface area contributed by atoms with Gasteiger partial charge in [0.15, 0.2) is 5.84 Å². The zero-order chi connectivity index (χ0) is 21.9. The SMILES string of the molecule is CC(=O)N(O)C(=N)c1ccc(CNC(=O)CCCC(=O)OCc2ccccc2)cc1. The Balaban J connectivity index is 1.66. The van der Waals surface area contributed by atoms with Crippen molar-refractivity contribution in [2.24, 2.45) is 0 Å². The summed E-state index contributed by atoms with van der Waals surface area (Å²) >= 11 is 0. The van der Waals surface area contributed by atoms with Crippen molar-refractivity contribution in [3.8, 4) is 0 Å². The molecule has 0 atom stereocenters. The van der Waals surface area contributed by atoms with E-state index in [4.69, 9.17) is 10.1 Å². The minimum absolute atomic E-state index is 0.171. The highest BCUT2D eigenvalue weighted by Gasteiger charge is 2.13. The Morgan fingerprint density at radius 2 is 1.67 bits per heavy atom. The minimum Gasteiger partial charge on any atom is -0.461 e. The quantitative estimate of drug-likeness (QED) is 0.193. The average Bonchev–Trinajstić information content (AvgIpc) is 2.76. The molecule has 0 radical (unpaired) electrons. The van der Waals surface area contributed by atoms with Crippen LogP contribution in [0, 0.1) is 5.41 Å². The first kappa shape index (κ1) is 22.8. The number of hydrogen-bond donors (Lipinski definition) is 3. The van der Waals surface area contributed by atoms with Gasteiger partial charge in [0.1, 0.15) is 6.61 Å². The number of ether oxygens (including phenoxy) is 1. The number of nitrogens with zero attached hydrogens (tertiary/aromatic N) is 1. The fourth-order valence-electron chi connectivity index (χ4n) is 2.55. The maximum atomic E-state index is 11.9. The predicted octanol–water partition coefficient (Wildman–Crippen LogP) is 2.78. The number of hydroxylamine groups is 2. The lowest BCUT2D eigenvalue weighted by molar-refractivity contribution is -0.146. The van der Waals surface area contributed by atoms with Crippen LogP contribution < -0.4 is 5.32 Å². The molecule has 0 aromatic heterocycles. The van der Waals surface area contributed by atoms with Gasteiger partial charge in [0.05, 0.1) is 0 Å². The normalized spacial score (nSPS) is 10.2. The molecule has 2 aromatic carbocycles. The molecular formula is C22H25N3O5. The summed E-state index contributed by atoms with van der Waals surface area (Å²) in [5.74, 6) is -1.49. The Labute approximate surface area is 174 Å². The summed E-state index contributed by atoms with van der Waals surface area (Å²) in [6, 6.07) is 15.9. The number of amides is 2. The van der Waals surface area contributed by atoms with Crippen molar-refractivity contribution < 1.29 is 24.3 Å². The third-order valence-electron chi connectivity index (χ3n) is 4.25. The highest BCUT2D eigenvalue weighted by Crippen LogP contribution is 2.08. The van der Waals surface area contributed by atoms with E-state index in [-0.39, 0.29) is 42.2 Å². The van der Waals surface area contributed by atoms with Crippen molar-refractivity contribution in [2.45, 2.75) is 39.3 Å².